The van der Waals surface area contributed by atoms with Gasteiger partial charge in [0.15, 0.2) is 0 Å². The molecule has 1 rings (SSSR count). The van der Waals surface area contributed by atoms with E-state index in [0.717, 1.165) is 17.7 Å². The van der Waals surface area contributed by atoms with E-state index >= 15 is 0 Å². The summed E-state index contributed by atoms with van der Waals surface area (Å²) in [4.78, 5) is 1.08. The van der Waals surface area contributed by atoms with Crippen LogP contribution in [0, 0.1) is 0 Å². The third-order valence-corrected chi connectivity index (χ3v) is 5.21. The van der Waals surface area contributed by atoms with Crippen LogP contribution < -0.4 is 0 Å². The first-order chi connectivity index (χ1) is 7.98. The zero-order valence-corrected chi connectivity index (χ0v) is 12.2. The maximum Gasteiger partial charge on any atom is 0.281 e. The Bertz CT molecular complexity index is 413. The second-order valence-electron chi connectivity index (χ2n) is 4.06. The topological polar surface area (TPSA) is 40.6 Å². The van der Waals surface area contributed by atoms with Gasteiger partial charge in [0, 0.05) is 32.1 Å². The lowest BCUT2D eigenvalue weighted by Crippen LogP contribution is -2.39. The zero-order chi connectivity index (χ0) is 12.9. The molecule has 0 aliphatic rings. The largest absolute Gasteiger partial charge is 0.281 e. The van der Waals surface area contributed by atoms with Crippen molar-refractivity contribution < 1.29 is 8.42 Å². The number of thiophene rings is 1. The quantitative estimate of drug-likeness (QED) is 0.765. The van der Waals surface area contributed by atoms with Crippen LogP contribution in [0.15, 0.2) is 17.5 Å². The predicted octanol–water partition coefficient (Wildman–Crippen LogP) is 2.16. The number of hydrogen-bond donors (Lipinski definition) is 0. The highest BCUT2D eigenvalue weighted by Crippen LogP contribution is 2.16. The van der Waals surface area contributed by atoms with Crippen molar-refractivity contribution in [2.24, 2.45) is 0 Å². The van der Waals surface area contributed by atoms with Gasteiger partial charge in [0.25, 0.3) is 10.2 Å². The van der Waals surface area contributed by atoms with E-state index in [1.807, 2.05) is 17.5 Å². The molecule has 17 heavy (non-hydrogen) atoms. The predicted molar refractivity (Wildman–Crippen MR) is 72.2 cm³/mol. The minimum atomic E-state index is -3.31. The molecule has 0 bridgehead atoms. The van der Waals surface area contributed by atoms with Crippen LogP contribution in [0.2, 0.25) is 0 Å². The number of rotatable bonds is 7. The molecule has 1 aromatic rings. The zero-order valence-electron chi connectivity index (χ0n) is 10.6. The van der Waals surface area contributed by atoms with Gasteiger partial charge < -0.3 is 0 Å². The molecule has 0 fully saturated rings. The molecule has 6 heteroatoms. The van der Waals surface area contributed by atoms with Crippen LogP contribution in [0.5, 0.6) is 0 Å². The normalized spacial score (nSPS) is 12.5. The van der Waals surface area contributed by atoms with Gasteiger partial charge in [-0.1, -0.05) is 19.4 Å². The molecule has 4 nitrogen and oxygen atoms in total. The van der Waals surface area contributed by atoms with Crippen molar-refractivity contribution in [2.75, 3.05) is 20.6 Å². The molecule has 0 atom stereocenters. The van der Waals surface area contributed by atoms with Crippen molar-refractivity contribution in [3.63, 3.8) is 0 Å². The lowest BCUT2D eigenvalue weighted by atomic mass is 10.3. The minimum Gasteiger partial charge on any atom is -0.195 e. The lowest BCUT2D eigenvalue weighted by Gasteiger charge is -2.24. The van der Waals surface area contributed by atoms with Crippen LogP contribution in [-0.4, -0.2) is 37.7 Å². The molecule has 1 aromatic heterocycles. The molecule has 1 heterocycles. The first-order valence-corrected chi connectivity index (χ1v) is 7.96. The molecule has 0 amide bonds. The molecular formula is C11H20N2O2S2. The number of nitrogens with zero attached hydrogens (tertiary/aromatic N) is 2. The molecule has 0 radical (unpaired) electrons. The number of unbranched alkanes of at least 4 members (excludes halogenated alkanes) is 1. The summed E-state index contributed by atoms with van der Waals surface area (Å²) in [5.74, 6) is 0. The summed E-state index contributed by atoms with van der Waals surface area (Å²) in [6.07, 6.45) is 1.88. The Balaban J connectivity index is 2.80. The van der Waals surface area contributed by atoms with Gasteiger partial charge in [-0.2, -0.15) is 17.0 Å². The van der Waals surface area contributed by atoms with E-state index in [9.17, 15) is 8.42 Å². The van der Waals surface area contributed by atoms with Crippen molar-refractivity contribution in [1.29, 1.82) is 0 Å². The van der Waals surface area contributed by atoms with Gasteiger partial charge in [-0.3, -0.25) is 0 Å². The van der Waals surface area contributed by atoms with Gasteiger partial charge in [-0.25, -0.2) is 0 Å². The van der Waals surface area contributed by atoms with E-state index in [4.69, 9.17) is 0 Å². The first-order valence-electron chi connectivity index (χ1n) is 5.68. The minimum absolute atomic E-state index is 0.470. The maximum atomic E-state index is 12.1. The molecule has 0 aliphatic carbocycles. The van der Waals surface area contributed by atoms with Gasteiger partial charge in [0.1, 0.15) is 0 Å². The molecule has 0 spiro atoms. The van der Waals surface area contributed by atoms with Crippen LogP contribution in [0.4, 0.5) is 0 Å². The summed E-state index contributed by atoms with van der Waals surface area (Å²) in [6.45, 7) is 3.11. The highest BCUT2D eigenvalue weighted by Gasteiger charge is 2.24. The summed E-state index contributed by atoms with van der Waals surface area (Å²) >= 11 is 1.59. The second-order valence-corrected chi connectivity index (χ2v) is 7.23. The Hall–Kier alpha value is -0.430. The summed E-state index contributed by atoms with van der Waals surface area (Å²) in [7, 11) is -0.170. The Morgan fingerprint density at radius 3 is 2.53 bits per heavy atom. The van der Waals surface area contributed by atoms with Crippen molar-refractivity contribution in [2.45, 2.75) is 26.3 Å². The molecule has 0 aliphatic heterocycles. The highest BCUT2D eigenvalue weighted by atomic mass is 32.2. The van der Waals surface area contributed by atoms with Crippen LogP contribution in [0.1, 0.15) is 24.6 Å². The SMILES string of the molecule is CCCCN(Cc1cccs1)S(=O)(=O)N(C)C. The van der Waals surface area contributed by atoms with Crippen molar-refractivity contribution >= 4 is 21.5 Å². The fourth-order valence-electron chi connectivity index (χ4n) is 1.42. The summed E-state index contributed by atoms with van der Waals surface area (Å²) in [5.41, 5.74) is 0. The van der Waals surface area contributed by atoms with Crippen LogP contribution in [0.3, 0.4) is 0 Å². The molecule has 98 valence electrons. The van der Waals surface area contributed by atoms with Gasteiger partial charge in [0.2, 0.25) is 0 Å². The van der Waals surface area contributed by atoms with Crippen molar-refractivity contribution in [3.05, 3.63) is 22.4 Å². The van der Waals surface area contributed by atoms with Crippen molar-refractivity contribution in [1.82, 2.24) is 8.61 Å². The van der Waals surface area contributed by atoms with Crippen molar-refractivity contribution in [3.8, 4) is 0 Å². The van der Waals surface area contributed by atoms with Crippen LogP contribution in [-0.2, 0) is 16.8 Å². The molecule has 0 N–H and O–H groups in total. The lowest BCUT2D eigenvalue weighted by molar-refractivity contribution is 0.366. The third-order valence-electron chi connectivity index (χ3n) is 2.46. The molecular weight excluding hydrogens is 256 g/mol. The number of hydrogen-bond acceptors (Lipinski definition) is 3. The fourth-order valence-corrected chi connectivity index (χ4v) is 3.34. The molecule has 0 saturated heterocycles. The summed E-state index contributed by atoms with van der Waals surface area (Å²) < 4.78 is 27.1. The van der Waals surface area contributed by atoms with E-state index in [2.05, 4.69) is 6.92 Å². The average Bonchev–Trinajstić information content (AvgIpc) is 2.76. The average molecular weight is 276 g/mol. The summed E-state index contributed by atoms with van der Waals surface area (Å²) in [6, 6.07) is 3.91. The van der Waals surface area contributed by atoms with Gasteiger partial charge in [0.05, 0.1) is 0 Å². The first kappa shape index (κ1) is 14.6. The van der Waals surface area contributed by atoms with E-state index in [-0.39, 0.29) is 0 Å². The van der Waals surface area contributed by atoms with E-state index in [0.29, 0.717) is 13.1 Å². The maximum absolute atomic E-state index is 12.1. The van der Waals surface area contributed by atoms with E-state index < -0.39 is 10.2 Å². The van der Waals surface area contributed by atoms with E-state index in [1.54, 1.807) is 29.7 Å². The van der Waals surface area contributed by atoms with Gasteiger partial charge in [-0.15, -0.1) is 11.3 Å². The molecule has 0 unspecified atom stereocenters. The summed E-state index contributed by atoms with van der Waals surface area (Å²) in [5, 5.41) is 1.97. The standard InChI is InChI=1S/C11H20N2O2S2/c1-4-5-8-13(17(14,15)12(2)3)10-11-7-6-9-16-11/h6-7,9H,4-5,8,10H2,1-3H3. The Kier molecular flexibility index (Phi) is 5.58. The second kappa shape index (κ2) is 6.49. The third kappa shape index (κ3) is 4.06. The Morgan fingerprint density at radius 1 is 1.35 bits per heavy atom. The monoisotopic (exact) mass is 276 g/mol. The fraction of sp³-hybridized carbons (Fsp3) is 0.636. The van der Waals surface area contributed by atoms with Gasteiger partial charge >= 0.3 is 0 Å². The van der Waals surface area contributed by atoms with Gasteiger partial charge in [-0.05, 0) is 17.9 Å². The molecule has 0 saturated carbocycles. The Morgan fingerprint density at radius 2 is 2.06 bits per heavy atom. The Labute approximate surface area is 108 Å². The van der Waals surface area contributed by atoms with Crippen LogP contribution in [0.25, 0.3) is 0 Å². The smallest absolute Gasteiger partial charge is 0.195 e. The van der Waals surface area contributed by atoms with Crippen LogP contribution >= 0.6 is 11.3 Å². The molecule has 0 aromatic carbocycles. The van der Waals surface area contributed by atoms with E-state index in [1.165, 1.54) is 4.31 Å². The highest BCUT2D eigenvalue weighted by molar-refractivity contribution is 7.86.